The number of aromatic nitrogens is 1. The van der Waals surface area contributed by atoms with Gasteiger partial charge in [-0.2, -0.15) is 0 Å². The molecule has 2 rings (SSSR count). The van der Waals surface area contributed by atoms with Crippen molar-refractivity contribution in [2.75, 3.05) is 0 Å². The van der Waals surface area contributed by atoms with Gasteiger partial charge in [0, 0.05) is 16.0 Å². The summed E-state index contributed by atoms with van der Waals surface area (Å²) in [7, 11) is 0. The van der Waals surface area contributed by atoms with Crippen LogP contribution >= 0.6 is 11.3 Å². The van der Waals surface area contributed by atoms with Gasteiger partial charge in [0.25, 0.3) is 0 Å². The number of aromatic hydroxyl groups is 1. The molecule has 1 aromatic carbocycles. The summed E-state index contributed by atoms with van der Waals surface area (Å²) in [6, 6.07) is 5.51. The number of hydrogen-bond donors (Lipinski definition) is 1. The minimum atomic E-state index is 0.259. The third-order valence-corrected chi connectivity index (χ3v) is 4.17. The van der Waals surface area contributed by atoms with E-state index in [1.807, 2.05) is 19.1 Å². The molecule has 0 aliphatic rings. The van der Waals surface area contributed by atoms with Gasteiger partial charge in [0.1, 0.15) is 10.8 Å². The number of nitrogens with zero attached hydrogens (tertiary/aromatic N) is 2. The van der Waals surface area contributed by atoms with Crippen molar-refractivity contribution in [2.24, 2.45) is 4.99 Å². The SMILES string of the molecule is C=NCc1cc(-c2nc(C)c(CC)s2)ccc1O. The zero-order valence-electron chi connectivity index (χ0n) is 10.6. The molecule has 1 heterocycles. The standard InChI is InChI=1S/C14H16N2OS/c1-4-13-9(2)16-14(18-13)10-5-6-12(17)11(7-10)8-15-3/h5-7,17H,3-4,8H2,1-2H3. The van der Waals surface area contributed by atoms with Gasteiger partial charge < -0.3 is 5.11 Å². The molecule has 0 atom stereocenters. The minimum Gasteiger partial charge on any atom is -0.508 e. The summed E-state index contributed by atoms with van der Waals surface area (Å²) in [5.74, 6) is 0.259. The van der Waals surface area contributed by atoms with Crippen LogP contribution in [-0.2, 0) is 13.0 Å². The van der Waals surface area contributed by atoms with Crippen molar-refractivity contribution in [3.05, 3.63) is 34.3 Å². The van der Waals surface area contributed by atoms with E-state index in [4.69, 9.17) is 0 Å². The highest BCUT2D eigenvalue weighted by Crippen LogP contribution is 2.31. The van der Waals surface area contributed by atoms with Crippen LogP contribution in [-0.4, -0.2) is 16.8 Å². The lowest BCUT2D eigenvalue weighted by Crippen LogP contribution is -1.85. The van der Waals surface area contributed by atoms with Crippen LogP contribution in [0.5, 0.6) is 5.75 Å². The Morgan fingerprint density at radius 3 is 2.83 bits per heavy atom. The van der Waals surface area contributed by atoms with E-state index in [-0.39, 0.29) is 5.75 Å². The molecule has 3 nitrogen and oxygen atoms in total. The first-order chi connectivity index (χ1) is 8.65. The topological polar surface area (TPSA) is 45.5 Å². The second kappa shape index (κ2) is 5.31. The van der Waals surface area contributed by atoms with Crippen LogP contribution in [0.2, 0.25) is 0 Å². The summed E-state index contributed by atoms with van der Waals surface area (Å²) in [4.78, 5) is 9.69. The van der Waals surface area contributed by atoms with Gasteiger partial charge in [-0.25, -0.2) is 4.98 Å². The van der Waals surface area contributed by atoms with Gasteiger partial charge in [-0.1, -0.05) is 6.92 Å². The van der Waals surface area contributed by atoms with Gasteiger partial charge >= 0.3 is 0 Å². The van der Waals surface area contributed by atoms with Crippen LogP contribution in [0.3, 0.4) is 0 Å². The molecule has 1 aromatic heterocycles. The summed E-state index contributed by atoms with van der Waals surface area (Å²) >= 11 is 1.71. The molecule has 0 aliphatic heterocycles. The number of aryl methyl sites for hydroxylation is 2. The Hall–Kier alpha value is -1.68. The fraction of sp³-hybridized carbons (Fsp3) is 0.286. The molecule has 0 fully saturated rings. The molecule has 0 radical (unpaired) electrons. The first-order valence-electron chi connectivity index (χ1n) is 5.86. The molecule has 18 heavy (non-hydrogen) atoms. The maximum atomic E-state index is 9.71. The van der Waals surface area contributed by atoms with E-state index in [0.717, 1.165) is 28.2 Å². The average molecular weight is 260 g/mol. The molecular weight excluding hydrogens is 244 g/mol. The lowest BCUT2D eigenvalue weighted by Gasteiger charge is -2.03. The lowest BCUT2D eigenvalue weighted by molar-refractivity contribution is 0.468. The van der Waals surface area contributed by atoms with Crippen molar-refractivity contribution in [3.8, 4) is 16.3 Å². The van der Waals surface area contributed by atoms with Crippen molar-refractivity contribution in [2.45, 2.75) is 26.8 Å². The third-order valence-electron chi connectivity index (χ3n) is 2.82. The Morgan fingerprint density at radius 2 is 2.22 bits per heavy atom. The van der Waals surface area contributed by atoms with Gasteiger partial charge in [-0.05, 0) is 38.3 Å². The predicted molar refractivity (Wildman–Crippen MR) is 76.6 cm³/mol. The van der Waals surface area contributed by atoms with Crippen molar-refractivity contribution in [1.29, 1.82) is 0 Å². The molecule has 1 N–H and O–H groups in total. The number of rotatable bonds is 4. The Balaban J connectivity index is 2.43. The quantitative estimate of drug-likeness (QED) is 0.854. The van der Waals surface area contributed by atoms with Crippen LogP contribution in [0, 0.1) is 6.92 Å². The van der Waals surface area contributed by atoms with Gasteiger partial charge in [0.05, 0.1) is 12.2 Å². The van der Waals surface area contributed by atoms with E-state index < -0.39 is 0 Å². The Bertz CT molecular complexity index is 575. The number of aliphatic imine (C=N–C) groups is 1. The van der Waals surface area contributed by atoms with E-state index in [0.29, 0.717) is 6.54 Å². The maximum Gasteiger partial charge on any atom is 0.123 e. The van der Waals surface area contributed by atoms with E-state index in [1.165, 1.54) is 4.88 Å². The number of benzene rings is 1. The molecule has 0 unspecified atom stereocenters. The zero-order chi connectivity index (χ0) is 13.1. The molecule has 0 saturated heterocycles. The van der Waals surface area contributed by atoms with E-state index >= 15 is 0 Å². The third kappa shape index (κ3) is 2.43. The smallest absolute Gasteiger partial charge is 0.123 e. The fourth-order valence-electron chi connectivity index (χ4n) is 1.85. The minimum absolute atomic E-state index is 0.259. The normalized spacial score (nSPS) is 10.6. The van der Waals surface area contributed by atoms with Gasteiger partial charge in [0.15, 0.2) is 0 Å². The summed E-state index contributed by atoms with van der Waals surface area (Å²) in [6.45, 7) is 8.04. The molecule has 0 aliphatic carbocycles. The molecule has 0 spiro atoms. The molecular formula is C14H16N2OS. The number of thiazole rings is 1. The highest BCUT2D eigenvalue weighted by Gasteiger charge is 2.10. The Labute approximate surface area is 111 Å². The maximum absolute atomic E-state index is 9.71. The highest BCUT2D eigenvalue weighted by atomic mass is 32.1. The van der Waals surface area contributed by atoms with Crippen molar-refractivity contribution in [3.63, 3.8) is 0 Å². The summed E-state index contributed by atoms with van der Waals surface area (Å²) in [5.41, 5.74) is 2.90. The van der Waals surface area contributed by atoms with Gasteiger partial charge in [-0.15, -0.1) is 11.3 Å². The number of phenolic OH excluding ortho intramolecular Hbond substituents is 1. The average Bonchev–Trinajstić information content (AvgIpc) is 2.73. The predicted octanol–water partition coefficient (Wildman–Crippen LogP) is 3.59. The second-order valence-electron chi connectivity index (χ2n) is 4.11. The van der Waals surface area contributed by atoms with Gasteiger partial charge in [-0.3, -0.25) is 4.99 Å². The summed E-state index contributed by atoms with van der Waals surface area (Å²) in [5, 5.41) is 10.7. The summed E-state index contributed by atoms with van der Waals surface area (Å²) < 4.78 is 0. The molecule has 2 aromatic rings. The first-order valence-corrected chi connectivity index (χ1v) is 6.68. The van der Waals surface area contributed by atoms with Gasteiger partial charge in [0.2, 0.25) is 0 Å². The van der Waals surface area contributed by atoms with Crippen molar-refractivity contribution < 1.29 is 5.11 Å². The van der Waals surface area contributed by atoms with Crippen LogP contribution in [0.4, 0.5) is 0 Å². The monoisotopic (exact) mass is 260 g/mol. The number of hydrogen-bond acceptors (Lipinski definition) is 4. The Kier molecular flexibility index (Phi) is 3.77. The largest absolute Gasteiger partial charge is 0.508 e. The van der Waals surface area contributed by atoms with Crippen LogP contribution < -0.4 is 0 Å². The van der Waals surface area contributed by atoms with Crippen molar-refractivity contribution in [1.82, 2.24) is 4.98 Å². The highest BCUT2D eigenvalue weighted by molar-refractivity contribution is 7.15. The van der Waals surface area contributed by atoms with E-state index in [2.05, 4.69) is 23.6 Å². The molecule has 0 saturated carbocycles. The molecule has 94 valence electrons. The van der Waals surface area contributed by atoms with Crippen LogP contribution in [0.1, 0.15) is 23.1 Å². The molecule has 0 bridgehead atoms. The van der Waals surface area contributed by atoms with E-state index in [1.54, 1.807) is 17.4 Å². The van der Waals surface area contributed by atoms with Crippen LogP contribution in [0.15, 0.2) is 23.2 Å². The zero-order valence-corrected chi connectivity index (χ0v) is 11.4. The van der Waals surface area contributed by atoms with Crippen molar-refractivity contribution >= 4 is 18.1 Å². The van der Waals surface area contributed by atoms with Crippen LogP contribution in [0.25, 0.3) is 10.6 Å². The molecule has 4 heteroatoms. The number of phenols is 1. The molecule has 0 amide bonds. The van der Waals surface area contributed by atoms with E-state index in [9.17, 15) is 5.11 Å². The Morgan fingerprint density at radius 1 is 1.44 bits per heavy atom. The summed E-state index contributed by atoms with van der Waals surface area (Å²) in [6.07, 6.45) is 1.00. The first kappa shape index (κ1) is 12.8. The lowest BCUT2D eigenvalue weighted by atomic mass is 10.1. The second-order valence-corrected chi connectivity index (χ2v) is 5.19. The fourth-order valence-corrected chi connectivity index (χ4v) is 2.84.